The van der Waals surface area contributed by atoms with Crippen LogP contribution < -0.4 is 5.32 Å². The Kier molecular flexibility index (Phi) is 5.84. The van der Waals surface area contributed by atoms with E-state index >= 15 is 0 Å². The summed E-state index contributed by atoms with van der Waals surface area (Å²) >= 11 is 6.15. The van der Waals surface area contributed by atoms with Crippen molar-refractivity contribution in [2.45, 2.75) is 32.1 Å². The highest BCUT2D eigenvalue weighted by molar-refractivity contribution is 7.85. The van der Waals surface area contributed by atoms with Crippen LogP contribution in [-0.4, -0.2) is 47.2 Å². The van der Waals surface area contributed by atoms with Gasteiger partial charge in [0, 0.05) is 0 Å². The fourth-order valence-electron chi connectivity index (χ4n) is 1.77. The summed E-state index contributed by atoms with van der Waals surface area (Å²) in [6, 6.07) is 1.45. The highest BCUT2D eigenvalue weighted by Crippen LogP contribution is 2.21. The Balaban J connectivity index is 2.15. The zero-order valence-corrected chi connectivity index (χ0v) is 16.1. The molecular formula is C14H18ClN5O5S. The molecule has 0 aliphatic heterocycles. The van der Waals surface area contributed by atoms with Crippen LogP contribution in [0.15, 0.2) is 18.5 Å². The molecule has 0 aromatic carbocycles. The minimum Gasteiger partial charge on any atom is -0.444 e. The molecule has 142 valence electrons. The van der Waals surface area contributed by atoms with Gasteiger partial charge >= 0.3 is 6.09 Å². The van der Waals surface area contributed by atoms with E-state index in [1.807, 2.05) is 0 Å². The summed E-state index contributed by atoms with van der Waals surface area (Å²) in [4.78, 5) is 16.9. The number of halogens is 1. The first-order valence-electron chi connectivity index (χ1n) is 7.34. The second kappa shape index (κ2) is 7.56. The number of rotatable bonds is 5. The van der Waals surface area contributed by atoms with Gasteiger partial charge in [-0.1, -0.05) is 11.6 Å². The molecule has 1 amide bonds. The molecule has 2 rings (SSSR count). The van der Waals surface area contributed by atoms with E-state index in [1.54, 1.807) is 20.8 Å². The number of anilines is 1. The Morgan fingerprint density at radius 2 is 2.04 bits per heavy atom. The predicted octanol–water partition coefficient (Wildman–Crippen LogP) is 2.14. The van der Waals surface area contributed by atoms with Crippen LogP contribution in [0.2, 0.25) is 5.02 Å². The molecule has 0 unspecified atom stereocenters. The van der Waals surface area contributed by atoms with E-state index in [-0.39, 0.29) is 16.5 Å². The van der Waals surface area contributed by atoms with Gasteiger partial charge in [0.25, 0.3) is 10.1 Å². The van der Waals surface area contributed by atoms with Gasteiger partial charge in [-0.2, -0.15) is 18.6 Å². The third-order valence-electron chi connectivity index (χ3n) is 2.77. The van der Waals surface area contributed by atoms with Crippen LogP contribution in [0.25, 0.3) is 5.82 Å². The van der Waals surface area contributed by atoms with Crippen molar-refractivity contribution in [3.63, 3.8) is 0 Å². The highest BCUT2D eigenvalue weighted by Gasteiger charge is 2.18. The molecule has 0 spiro atoms. The van der Waals surface area contributed by atoms with Gasteiger partial charge in [0.15, 0.2) is 5.82 Å². The first kappa shape index (κ1) is 20.1. The summed E-state index contributed by atoms with van der Waals surface area (Å²) in [5, 5.41) is 10.6. The number of ether oxygens (including phenoxy) is 1. The van der Waals surface area contributed by atoms with E-state index in [0.717, 1.165) is 11.9 Å². The number of pyridine rings is 1. The first-order chi connectivity index (χ1) is 12.0. The Morgan fingerprint density at radius 1 is 1.35 bits per heavy atom. The summed E-state index contributed by atoms with van der Waals surface area (Å²) < 4.78 is 32.4. The average Bonchev–Trinajstić information content (AvgIpc) is 2.92. The molecule has 0 aliphatic rings. The molecule has 1 N–H and O–H groups in total. The molecule has 0 aliphatic carbocycles. The van der Waals surface area contributed by atoms with E-state index in [9.17, 15) is 13.2 Å². The third kappa shape index (κ3) is 5.64. The molecule has 26 heavy (non-hydrogen) atoms. The zero-order chi connectivity index (χ0) is 19.5. The van der Waals surface area contributed by atoms with E-state index in [1.165, 1.54) is 18.5 Å². The second-order valence-electron chi connectivity index (χ2n) is 6.15. The molecule has 0 atom stereocenters. The number of amides is 1. The maximum Gasteiger partial charge on any atom is 0.412 e. The SMILES string of the molecule is COS(=O)(=O)Cc1cnn(-c2ncc(NC(=O)OC(C)(C)C)cc2Cl)n1. The first-order valence-corrected chi connectivity index (χ1v) is 9.30. The lowest BCUT2D eigenvalue weighted by Crippen LogP contribution is -2.27. The fourth-order valence-corrected chi connectivity index (χ4v) is 2.62. The normalized spacial score (nSPS) is 12.0. The van der Waals surface area contributed by atoms with Crippen LogP contribution >= 0.6 is 11.6 Å². The van der Waals surface area contributed by atoms with Gasteiger partial charge in [-0.25, -0.2) is 9.78 Å². The molecule has 2 heterocycles. The topological polar surface area (TPSA) is 125 Å². The zero-order valence-electron chi connectivity index (χ0n) is 14.6. The summed E-state index contributed by atoms with van der Waals surface area (Å²) in [6.45, 7) is 5.23. The van der Waals surface area contributed by atoms with Crippen LogP contribution in [-0.2, 0) is 24.8 Å². The van der Waals surface area contributed by atoms with Gasteiger partial charge in [0.2, 0.25) is 0 Å². The monoisotopic (exact) mass is 403 g/mol. The van der Waals surface area contributed by atoms with Gasteiger partial charge < -0.3 is 4.74 Å². The summed E-state index contributed by atoms with van der Waals surface area (Å²) in [5.74, 6) is -0.262. The fraction of sp³-hybridized carbons (Fsp3) is 0.429. The maximum absolute atomic E-state index is 11.8. The number of nitrogens with zero attached hydrogens (tertiary/aromatic N) is 4. The molecule has 2 aromatic heterocycles. The lowest BCUT2D eigenvalue weighted by molar-refractivity contribution is 0.0636. The van der Waals surface area contributed by atoms with Crippen molar-refractivity contribution in [2.24, 2.45) is 0 Å². The summed E-state index contributed by atoms with van der Waals surface area (Å²) in [6.07, 6.45) is 1.97. The number of hydrogen-bond donors (Lipinski definition) is 1. The van der Waals surface area contributed by atoms with Crippen molar-refractivity contribution < 1.29 is 22.1 Å². The van der Waals surface area contributed by atoms with E-state index in [0.29, 0.717) is 5.69 Å². The molecule has 0 bridgehead atoms. The van der Waals surface area contributed by atoms with E-state index in [4.69, 9.17) is 16.3 Å². The van der Waals surface area contributed by atoms with Gasteiger partial charge in [-0.3, -0.25) is 9.50 Å². The largest absolute Gasteiger partial charge is 0.444 e. The van der Waals surface area contributed by atoms with Crippen LogP contribution in [0.1, 0.15) is 26.5 Å². The summed E-state index contributed by atoms with van der Waals surface area (Å²) in [7, 11) is -2.65. The molecule has 12 heteroatoms. The summed E-state index contributed by atoms with van der Waals surface area (Å²) in [5.41, 5.74) is -0.151. The van der Waals surface area contributed by atoms with Crippen molar-refractivity contribution >= 4 is 33.5 Å². The van der Waals surface area contributed by atoms with Crippen LogP contribution in [0.5, 0.6) is 0 Å². The second-order valence-corrected chi connectivity index (χ2v) is 8.29. The minimum absolute atomic E-state index is 0.148. The molecule has 0 saturated carbocycles. The number of hydrogen-bond acceptors (Lipinski definition) is 8. The Bertz CT molecular complexity index is 907. The number of aromatic nitrogens is 4. The molecular weight excluding hydrogens is 386 g/mol. The van der Waals surface area contributed by atoms with Crippen LogP contribution in [0.3, 0.4) is 0 Å². The van der Waals surface area contributed by atoms with Gasteiger partial charge in [0.05, 0.1) is 30.2 Å². The molecule has 0 radical (unpaired) electrons. The Hall–Kier alpha value is -2.24. The quantitative estimate of drug-likeness (QED) is 0.752. The Morgan fingerprint density at radius 3 is 2.62 bits per heavy atom. The van der Waals surface area contributed by atoms with E-state index < -0.39 is 27.6 Å². The lowest BCUT2D eigenvalue weighted by Gasteiger charge is -2.19. The van der Waals surface area contributed by atoms with Gasteiger partial charge in [0.1, 0.15) is 17.0 Å². The molecule has 0 fully saturated rings. The van der Waals surface area contributed by atoms with Crippen molar-refractivity contribution in [3.8, 4) is 5.82 Å². The van der Waals surface area contributed by atoms with Crippen molar-refractivity contribution in [1.29, 1.82) is 0 Å². The average molecular weight is 404 g/mol. The third-order valence-corrected chi connectivity index (χ3v) is 4.21. The standard InChI is InChI=1S/C14H18ClN5O5S/c1-14(2,3)25-13(21)18-9-5-11(15)12(16-6-9)20-17-7-10(19-20)8-26(22,23)24-4/h5-7H,8H2,1-4H3,(H,18,21). The van der Waals surface area contributed by atoms with Gasteiger partial charge in [-0.05, 0) is 26.8 Å². The lowest BCUT2D eigenvalue weighted by atomic mass is 10.2. The number of carbonyl (C=O) groups is 1. The smallest absolute Gasteiger partial charge is 0.412 e. The molecule has 2 aromatic rings. The predicted molar refractivity (Wildman–Crippen MR) is 93.7 cm³/mol. The minimum atomic E-state index is -3.72. The maximum atomic E-state index is 11.8. The van der Waals surface area contributed by atoms with E-state index in [2.05, 4.69) is 24.7 Å². The molecule has 10 nitrogen and oxygen atoms in total. The van der Waals surface area contributed by atoms with Crippen LogP contribution in [0.4, 0.5) is 10.5 Å². The Labute approximate surface area is 155 Å². The molecule has 0 saturated heterocycles. The van der Waals surface area contributed by atoms with Crippen LogP contribution in [0, 0.1) is 0 Å². The van der Waals surface area contributed by atoms with Crippen molar-refractivity contribution in [1.82, 2.24) is 20.0 Å². The van der Waals surface area contributed by atoms with Gasteiger partial charge in [-0.15, -0.1) is 4.80 Å². The number of nitrogens with one attached hydrogen (secondary N) is 1. The van der Waals surface area contributed by atoms with Crippen molar-refractivity contribution in [2.75, 3.05) is 12.4 Å². The number of carbonyl (C=O) groups excluding carboxylic acids is 1. The van der Waals surface area contributed by atoms with Crippen molar-refractivity contribution in [3.05, 3.63) is 29.2 Å². The highest BCUT2D eigenvalue weighted by atomic mass is 35.5.